The van der Waals surface area contributed by atoms with Gasteiger partial charge in [0.05, 0.1) is 22.1 Å². The standard InChI is InChI=1S/C43H35N3/c1-42(2)35-15-9-8-14-33(35)34-24-22-31(26-37(34)42)45(30-20-18-29(19-21-30)28-12-6-5-7-13-28)32-23-25-40-38(27-32)44-41-43(3,4)36-16-10-11-17-39(36)46(40)41/h5-27H,1-4H3. The fourth-order valence-electron chi connectivity index (χ4n) is 7.90. The SMILES string of the molecule is CC1(C)c2ccccc2-c2ccc(N(c3ccc(-c4ccccc4)cc3)c3ccc4c(c3)nc3n4-c4ccccc4C3(C)C)cc21. The minimum atomic E-state index is -0.163. The molecule has 2 aliphatic rings. The van der Waals surface area contributed by atoms with Gasteiger partial charge in [-0.05, 0) is 101 Å². The zero-order chi connectivity index (χ0) is 31.2. The first-order valence-electron chi connectivity index (χ1n) is 16.2. The van der Waals surface area contributed by atoms with Crippen LogP contribution < -0.4 is 4.90 Å². The summed E-state index contributed by atoms with van der Waals surface area (Å²) in [7, 11) is 0. The number of hydrogen-bond donors (Lipinski definition) is 0. The summed E-state index contributed by atoms with van der Waals surface area (Å²) in [4.78, 5) is 7.68. The summed E-state index contributed by atoms with van der Waals surface area (Å²) in [6.07, 6.45) is 0. The number of hydrogen-bond acceptors (Lipinski definition) is 2. The van der Waals surface area contributed by atoms with E-state index in [0.717, 1.165) is 33.9 Å². The topological polar surface area (TPSA) is 21.1 Å². The summed E-state index contributed by atoms with van der Waals surface area (Å²) in [6, 6.07) is 50.8. The van der Waals surface area contributed by atoms with Crippen molar-refractivity contribution >= 4 is 28.1 Å². The first-order valence-corrected chi connectivity index (χ1v) is 16.2. The highest BCUT2D eigenvalue weighted by molar-refractivity contribution is 5.90. The first-order chi connectivity index (χ1) is 22.3. The Kier molecular flexibility index (Phi) is 5.59. The van der Waals surface area contributed by atoms with Crippen LogP contribution in [0, 0.1) is 0 Å². The zero-order valence-corrected chi connectivity index (χ0v) is 26.6. The van der Waals surface area contributed by atoms with Gasteiger partial charge < -0.3 is 4.90 Å². The van der Waals surface area contributed by atoms with Crippen LogP contribution in [0.5, 0.6) is 0 Å². The number of nitrogens with zero attached hydrogens (tertiary/aromatic N) is 3. The van der Waals surface area contributed by atoms with Gasteiger partial charge in [0.25, 0.3) is 0 Å². The van der Waals surface area contributed by atoms with E-state index < -0.39 is 0 Å². The Labute approximate surface area is 270 Å². The largest absolute Gasteiger partial charge is 0.310 e. The van der Waals surface area contributed by atoms with Crippen LogP contribution in [0.2, 0.25) is 0 Å². The molecule has 3 nitrogen and oxygen atoms in total. The molecule has 0 saturated heterocycles. The number of rotatable bonds is 4. The average molecular weight is 594 g/mol. The van der Waals surface area contributed by atoms with E-state index in [9.17, 15) is 0 Å². The van der Waals surface area contributed by atoms with Gasteiger partial charge in [-0.15, -0.1) is 0 Å². The van der Waals surface area contributed by atoms with E-state index in [4.69, 9.17) is 4.98 Å². The molecule has 2 heterocycles. The lowest BCUT2D eigenvalue weighted by molar-refractivity contribution is 0.621. The molecule has 46 heavy (non-hydrogen) atoms. The van der Waals surface area contributed by atoms with Crippen molar-refractivity contribution in [1.29, 1.82) is 0 Å². The molecule has 3 heteroatoms. The van der Waals surface area contributed by atoms with Crippen LogP contribution in [0.1, 0.15) is 50.2 Å². The van der Waals surface area contributed by atoms with Gasteiger partial charge in [-0.25, -0.2) is 4.98 Å². The average Bonchev–Trinajstić information content (AvgIpc) is 3.66. The number of fused-ring (bicyclic) bond motifs is 8. The third-order valence-electron chi connectivity index (χ3n) is 10.3. The lowest BCUT2D eigenvalue weighted by atomic mass is 9.82. The molecule has 9 rings (SSSR count). The molecule has 1 aliphatic carbocycles. The van der Waals surface area contributed by atoms with Crippen LogP contribution in [0.25, 0.3) is 39.0 Å². The van der Waals surface area contributed by atoms with E-state index in [1.807, 2.05) is 0 Å². The molecule has 0 N–H and O–H groups in total. The minimum absolute atomic E-state index is 0.0849. The molecule has 6 aromatic carbocycles. The number of aromatic nitrogens is 2. The summed E-state index contributed by atoms with van der Waals surface area (Å²) in [5, 5.41) is 0. The second kappa shape index (κ2) is 9.55. The molecule has 0 bridgehead atoms. The predicted octanol–water partition coefficient (Wildman–Crippen LogP) is 11.1. The summed E-state index contributed by atoms with van der Waals surface area (Å²) < 4.78 is 2.35. The first kappa shape index (κ1) is 26.9. The molecular weight excluding hydrogens is 558 g/mol. The Hall–Kier alpha value is -5.41. The van der Waals surface area contributed by atoms with E-state index >= 15 is 0 Å². The van der Waals surface area contributed by atoms with Crippen LogP contribution in [-0.2, 0) is 10.8 Å². The highest BCUT2D eigenvalue weighted by Crippen LogP contribution is 2.51. The van der Waals surface area contributed by atoms with Crippen LogP contribution in [0.4, 0.5) is 17.1 Å². The number of anilines is 3. The van der Waals surface area contributed by atoms with E-state index in [-0.39, 0.29) is 10.8 Å². The van der Waals surface area contributed by atoms with Gasteiger partial charge in [-0.3, -0.25) is 4.57 Å². The molecule has 1 aromatic heterocycles. The monoisotopic (exact) mass is 593 g/mol. The molecule has 0 fully saturated rings. The summed E-state index contributed by atoms with van der Waals surface area (Å²) in [5.74, 6) is 1.09. The second-order valence-electron chi connectivity index (χ2n) is 13.7. The molecule has 7 aromatic rings. The minimum Gasteiger partial charge on any atom is -0.310 e. The van der Waals surface area contributed by atoms with Crippen molar-refractivity contribution in [2.45, 2.75) is 38.5 Å². The van der Waals surface area contributed by atoms with Gasteiger partial charge in [-0.2, -0.15) is 0 Å². The quantitative estimate of drug-likeness (QED) is 0.202. The molecule has 0 amide bonds. The van der Waals surface area contributed by atoms with Crippen LogP contribution in [-0.4, -0.2) is 9.55 Å². The van der Waals surface area contributed by atoms with Crippen molar-refractivity contribution in [3.05, 3.63) is 162 Å². The fraction of sp³-hybridized carbons (Fsp3) is 0.140. The van der Waals surface area contributed by atoms with Gasteiger partial charge in [0.2, 0.25) is 0 Å². The van der Waals surface area contributed by atoms with Crippen LogP contribution in [0.3, 0.4) is 0 Å². The van der Waals surface area contributed by atoms with Crippen molar-refractivity contribution < 1.29 is 0 Å². The summed E-state index contributed by atoms with van der Waals surface area (Å²) >= 11 is 0. The number of benzene rings is 6. The Balaban J connectivity index is 1.22. The number of para-hydroxylation sites is 1. The molecule has 222 valence electrons. The van der Waals surface area contributed by atoms with Crippen LogP contribution in [0.15, 0.2) is 140 Å². The highest BCUT2D eigenvalue weighted by atomic mass is 15.2. The van der Waals surface area contributed by atoms with Gasteiger partial charge in [0.1, 0.15) is 5.82 Å². The summed E-state index contributed by atoms with van der Waals surface area (Å²) in [6.45, 7) is 9.25. The Morgan fingerprint density at radius 1 is 0.500 bits per heavy atom. The van der Waals surface area contributed by atoms with Gasteiger partial charge in [0.15, 0.2) is 0 Å². The third-order valence-corrected chi connectivity index (χ3v) is 10.3. The van der Waals surface area contributed by atoms with Gasteiger partial charge in [-0.1, -0.05) is 105 Å². The highest BCUT2D eigenvalue weighted by Gasteiger charge is 2.39. The lowest BCUT2D eigenvalue weighted by Gasteiger charge is -2.28. The molecule has 0 atom stereocenters. The maximum atomic E-state index is 5.29. The second-order valence-corrected chi connectivity index (χ2v) is 13.7. The van der Waals surface area contributed by atoms with Gasteiger partial charge >= 0.3 is 0 Å². The Morgan fingerprint density at radius 2 is 1.11 bits per heavy atom. The van der Waals surface area contributed by atoms with E-state index in [2.05, 4.69) is 177 Å². The summed E-state index contributed by atoms with van der Waals surface area (Å²) in [5.41, 5.74) is 15.6. The van der Waals surface area contributed by atoms with Gasteiger partial charge in [0, 0.05) is 22.5 Å². The maximum absolute atomic E-state index is 5.29. The smallest absolute Gasteiger partial charge is 0.124 e. The van der Waals surface area contributed by atoms with Crippen LogP contribution >= 0.6 is 0 Å². The molecular formula is C43H35N3. The fourth-order valence-corrected chi connectivity index (χ4v) is 7.90. The van der Waals surface area contributed by atoms with Crippen molar-refractivity contribution in [2.75, 3.05) is 4.90 Å². The maximum Gasteiger partial charge on any atom is 0.124 e. The van der Waals surface area contributed by atoms with Crippen molar-refractivity contribution in [3.63, 3.8) is 0 Å². The predicted molar refractivity (Wildman–Crippen MR) is 191 cm³/mol. The normalized spacial score (nSPS) is 14.9. The molecule has 0 unspecified atom stereocenters. The van der Waals surface area contributed by atoms with E-state index in [1.54, 1.807) is 0 Å². The lowest BCUT2D eigenvalue weighted by Crippen LogP contribution is -2.16. The number of imidazole rings is 1. The van der Waals surface area contributed by atoms with E-state index in [0.29, 0.717) is 0 Å². The molecule has 0 saturated carbocycles. The Bertz CT molecular complexity index is 2310. The van der Waals surface area contributed by atoms with Crippen molar-refractivity contribution in [3.8, 4) is 27.9 Å². The third kappa shape index (κ3) is 3.75. The Morgan fingerprint density at radius 3 is 1.91 bits per heavy atom. The van der Waals surface area contributed by atoms with E-state index in [1.165, 1.54) is 44.6 Å². The molecule has 0 spiro atoms. The zero-order valence-electron chi connectivity index (χ0n) is 26.6. The molecule has 0 radical (unpaired) electrons. The molecule has 1 aliphatic heterocycles. The van der Waals surface area contributed by atoms with Crippen molar-refractivity contribution in [2.24, 2.45) is 0 Å². The van der Waals surface area contributed by atoms with Crippen molar-refractivity contribution in [1.82, 2.24) is 9.55 Å².